The van der Waals surface area contributed by atoms with Crippen LogP contribution in [0.15, 0.2) is 24.3 Å². The van der Waals surface area contributed by atoms with Crippen molar-refractivity contribution in [1.82, 2.24) is 10.2 Å². The first-order valence-corrected chi connectivity index (χ1v) is 5.29. The Morgan fingerprint density at radius 3 is 2.86 bits per heavy atom. The normalized spacial score (nSPS) is 10.4. The van der Waals surface area contributed by atoms with Gasteiger partial charge in [-0.2, -0.15) is 0 Å². The number of aryl methyl sites for hydroxylation is 1. The second kappa shape index (κ2) is 3.75. The second-order valence-corrected chi connectivity index (χ2v) is 4.04. The van der Waals surface area contributed by atoms with Crippen LogP contribution in [0.2, 0.25) is 0 Å². The molecule has 0 saturated heterocycles. The van der Waals surface area contributed by atoms with Crippen LogP contribution in [0.3, 0.4) is 0 Å². The molecule has 2 N–H and O–H groups in total. The van der Waals surface area contributed by atoms with Gasteiger partial charge in [-0.25, -0.2) is 0 Å². The Balaban J connectivity index is 2.39. The molecule has 72 valence electrons. The lowest BCUT2D eigenvalue weighted by Crippen LogP contribution is -1.84. The van der Waals surface area contributed by atoms with E-state index in [0.29, 0.717) is 0 Å². The zero-order valence-electron chi connectivity index (χ0n) is 7.90. The summed E-state index contributed by atoms with van der Waals surface area (Å²) < 4.78 is 0. The average molecular weight is 205 g/mol. The highest BCUT2D eigenvalue weighted by Gasteiger charge is 2.04. The predicted molar refractivity (Wildman–Crippen MR) is 59.1 cm³/mol. The van der Waals surface area contributed by atoms with Gasteiger partial charge in [-0.1, -0.05) is 30.4 Å². The summed E-state index contributed by atoms with van der Waals surface area (Å²) in [5.41, 5.74) is 7.50. The lowest BCUT2D eigenvalue weighted by atomic mass is 10.2. The molecule has 1 aromatic carbocycles. The minimum Gasteiger partial charge on any atom is -0.399 e. The smallest absolute Gasteiger partial charge is 0.147 e. The molecule has 0 amide bonds. The Morgan fingerprint density at radius 2 is 2.21 bits per heavy atom. The van der Waals surface area contributed by atoms with Crippen LogP contribution in [0.25, 0.3) is 10.6 Å². The number of nitrogens with zero attached hydrogens (tertiary/aromatic N) is 2. The number of nitrogens with two attached hydrogens (primary N) is 1. The number of benzene rings is 1. The summed E-state index contributed by atoms with van der Waals surface area (Å²) in [6, 6.07) is 7.71. The Kier molecular flexibility index (Phi) is 2.45. The van der Waals surface area contributed by atoms with Gasteiger partial charge in [0, 0.05) is 11.3 Å². The van der Waals surface area contributed by atoms with Gasteiger partial charge < -0.3 is 5.73 Å². The first kappa shape index (κ1) is 9.15. The molecule has 0 unspecified atom stereocenters. The Bertz CT molecular complexity index is 436. The Labute approximate surface area is 86.6 Å². The van der Waals surface area contributed by atoms with Crippen LogP contribution in [0, 0.1) is 0 Å². The standard InChI is InChI=1S/C10H11N3S/c1-2-9-12-13-10(14-9)7-4-3-5-8(11)6-7/h3-6H,2,11H2,1H3. The zero-order valence-corrected chi connectivity index (χ0v) is 8.71. The summed E-state index contributed by atoms with van der Waals surface area (Å²) in [4.78, 5) is 0. The van der Waals surface area contributed by atoms with E-state index >= 15 is 0 Å². The molecule has 2 aromatic rings. The summed E-state index contributed by atoms with van der Waals surface area (Å²) in [5.74, 6) is 0. The molecule has 0 spiro atoms. The van der Waals surface area contributed by atoms with Crippen molar-refractivity contribution < 1.29 is 0 Å². The van der Waals surface area contributed by atoms with Gasteiger partial charge in [0.15, 0.2) is 0 Å². The molecule has 2 rings (SSSR count). The predicted octanol–water partition coefficient (Wildman–Crippen LogP) is 2.35. The molecule has 0 bridgehead atoms. The number of anilines is 1. The molecular weight excluding hydrogens is 194 g/mol. The van der Waals surface area contributed by atoms with Crippen molar-refractivity contribution in [2.75, 3.05) is 5.73 Å². The minimum atomic E-state index is 0.760. The van der Waals surface area contributed by atoms with Crippen molar-refractivity contribution in [2.45, 2.75) is 13.3 Å². The number of hydrogen-bond acceptors (Lipinski definition) is 4. The van der Waals surface area contributed by atoms with Gasteiger partial charge in [0.1, 0.15) is 10.0 Å². The van der Waals surface area contributed by atoms with Crippen molar-refractivity contribution >= 4 is 17.0 Å². The molecule has 3 nitrogen and oxygen atoms in total. The van der Waals surface area contributed by atoms with Crippen LogP contribution < -0.4 is 5.73 Å². The number of aromatic nitrogens is 2. The lowest BCUT2D eigenvalue weighted by Gasteiger charge is -1.95. The molecule has 0 saturated carbocycles. The van der Waals surface area contributed by atoms with Gasteiger partial charge >= 0.3 is 0 Å². The fraction of sp³-hybridized carbons (Fsp3) is 0.200. The molecule has 14 heavy (non-hydrogen) atoms. The highest BCUT2D eigenvalue weighted by atomic mass is 32.1. The van der Waals surface area contributed by atoms with Crippen molar-refractivity contribution in [1.29, 1.82) is 0 Å². The van der Waals surface area contributed by atoms with E-state index < -0.39 is 0 Å². The molecule has 0 aliphatic carbocycles. The van der Waals surface area contributed by atoms with E-state index in [1.807, 2.05) is 24.3 Å². The highest BCUT2D eigenvalue weighted by molar-refractivity contribution is 7.14. The highest BCUT2D eigenvalue weighted by Crippen LogP contribution is 2.24. The van der Waals surface area contributed by atoms with Crippen LogP contribution in [0.4, 0.5) is 5.69 Å². The Hall–Kier alpha value is -1.42. The van der Waals surface area contributed by atoms with Gasteiger partial charge in [-0.05, 0) is 18.6 Å². The summed E-state index contributed by atoms with van der Waals surface area (Å²) >= 11 is 1.62. The average Bonchev–Trinajstić information content (AvgIpc) is 2.66. The number of nitrogen functional groups attached to an aromatic ring is 1. The molecule has 0 radical (unpaired) electrons. The van der Waals surface area contributed by atoms with Gasteiger partial charge in [-0.15, -0.1) is 10.2 Å². The van der Waals surface area contributed by atoms with Crippen molar-refractivity contribution in [2.24, 2.45) is 0 Å². The maximum absolute atomic E-state index is 5.69. The third-order valence-electron chi connectivity index (χ3n) is 1.90. The minimum absolute atomic E-state index is 0.760. The molecule has 1 heterocycles. The number of hydrogen-bond donors (Lipinski definition) is 1. The largest absolute Gasteiger partial charge is 0.399 e. The molecule has 0 aliphatic rings. The van der Waals surface area contributed by atoms with Gasteiger partial charge in [0.2, 0.25) is 0 Å². The van der Waals surface area contributed by atoms with Gasteiger partial charge in [-0.3, -0.25) is 0 Å². The van der Waals surface area contributed by atoms with Crippen LogP contribution in [0.5, 0.6) is 0 Å². The molecular formula is C10H11N3S. The SMILES string of the molecule is CCc1nnc(-c2cccc(N)c2)s1. The van der Waals surface area contributed by atoms with Gasteiger partial charge in [0.25, 0.3) is 0 Å². The van der Waals surface area contributed by atoms with Crippen LogP contribution in [0.1, 0.15) is 11.9 Å². The number of rotatable bonds is 2. The molecule has 4 heteroatoms. The van der Waals surface area contributed by atoms with Crippen LogP contribution >= 0.6 is 11.3 Å². The summed E-state index contributed by atoms with van der Waals surface area (Å²) in [6.07, 6.45) is 0.931. The summed E-state index contributed by atoms with van der Waals surface area (Å²) in [7, 11) is 0. The van der Waals surface area contributed by atoms with Crippen molar-refractivity contribution in [3.63, 3.8) is 0 Å². The van der Waals surface area contributed by atoms with E-state index in [4.69, 9.17) is 5.73 Å². The zero-order chi connectivity index (χ0) is 9.97. The van der Waals surface area contributed by atoms with E-state index in [1.165, 1.54) is 0 Å². The monoisotopic (exact) mass is 205 g/mol. The van der Waals surface area contributed by atoms with E-state index in [0.717, 1.165) is 27.7 Å². The molecule has 0 fully saturated rings. The Morgan fingerprint density at radius 1 is 1.36 bits per heavy atom. The fourth-order valence-corrected chi connectivity index (χ4v) is 1.96. The lowest BCUT2D eigenvalue weighted by molar-refractivity contribution is 0.986. The third-order valence-corrected chi connectivity index (χ3v) is 3.02. The van der Waals surface area contributed by atoms with Crippen LogP contribution in [-0.4, -0.2) is 10.2 Å². The van der Waals surface area contributed by atoms with Gasteiger partial charge in [0.05, 0.1) is 0 Å². The topological polar surface area (TPSA) is 51.8 Å². The second-order valence-electron chi connectivity index (χ2n) is 2.98. The van der Waals surface area contributed by atoms with Crippen molar-refractivity contribution in [3.8, 4) is 10.6 Å². The third kappa shape index (κ3) is 1.75. The maximum atomic E-state index is 5.69. The van der Waals surface area contributed by atoms with Crippen LogP contribution in [-0.2, 0) is 6.42 Å². The van der Waals surface area contributed by atoms with Crippen molar-refractivity contribution in [3.05, 3.63) is 29.3 Å². The quantitative estimate of drug-likeness (QED) is 0.766. The molecule has 0 aliphatic heterocycles. The summed E-state index contributed by atoms with van der Waals surface area (Å²) in [5, 5.41) is 10.2. The molecule has 1 aromatic heterocycles. The van der Waals surface area contributed by atoms with E-state index in [2.05, 4.69) is 17.1 Å². The first-order valence-electron chi connectivity index (χ1n) is 4.48. The molecule has 0 atom stereocenters. The fourth-order valence-electron chi connectivity index (χ4n) is 1.18. The maximum Gasteiger partial charge on any atom is 0.147 e. The van der Waals surface area contributed by atoms with E-state index in [9.17, 15) is 0 Å². The van der Waals surface area contributed by atoms with E-state index in [-0.39, 0.29) is 0 Å². The summed E-state index contributed by atoms with van der Waals surface area (Å²) in [6.45, 7) is 2.07. The first-order chi connectivity index (χ1) is 6.79. The van der Waals surface area contributed by atoms with E-state index in [1.54, 1.807) is 11.3 Å².